The molecule has 3 nitrogen and oxygen atoms in total. The van der Waals surface area contributed by atoms with Crippen LogP contribution in [0, 0.1) is 12.8 Å². The molecule has 1 aromatic carbocycles. The third kappa shape index (κ3) is 5.25. The molecule has 114 valence electrons. The number of benzene rings is 1. The topological polar surface area (TPSA) is 41.1 Å². The lowest BCUT2D eigenvalue weighted by atomic mass is 10.0. The molecular weight excluding hydrogens is 260 g/mol. The van der Waals surface area contributed by atoms with E-state index in [0.29, 0.717) is 12.5 Å². The van der Waals surface area contributed by atoms with Crippen molar-refractivity contribution in [2.24, 2.45) is 5.92 Å². The standard InChI is InChI=1S/C18H26N2O/c1-14-6-5-7-16(12-14)10-11-19-18(21)20-13-15(2)17-8-3-4-9-17/h5-7,12-13,17H,3-4,8-11H2,1-2H3,(H2,19,20,21)/b15-13+. The molecule has 0 aromatic heterocycles. The summed E-state index contributed by atoms with van der Waals surface area (Å²) in [4.78, 5) is 11.8. The highest BCUT2D eigenvalue weighted by molar-refractivity contribution is 5.74. The Morgan fingerprint density at radius 1 is 1.33 bits per heavy atom. The first-order valence-electron chi connectivity index (χ1n) is 7.92. The number of aryl methyl sites for hydroxylation is 1. The van der Waals surface area contributed by atoms with Crippen LogP contribution >= 0.6 is 0 Å². The fraction of sp³-hybridized carbons (Fsp3) is 0.500. The first-order chi connectivity index (χ1) is 10.1. The number of carbonyl (C=O) groups is 1. The Balaban J connectivity index is 1.68. The Bertz CT molecular complexity index is 502. The Kier molecular flexibility index (Phi) is 5.85. The van der Waals surface area contributed by atoms with Crippen molar-refractivity contribution >= 4 is 6.03 Å². The summed E-state index contributed by atoms with van der Waals surface area (Å²) in [5.41, 5.74) is 3.81. The van der Waals surface area contributed by atoms with E-state index in [4.69, 9.17) is 0 Å². The minimum atomic E-state index is -0.111. The van der Waals surface area contributed by atoms with Crippen molar-refractivity contribution in [1.29, 1.82) is 0 Å². The predicted octanol–water partition coefficient (Wildman–Crippen LogP) is 3.93. The van der Waals surface area contributed by atoms with Crippen LogP contribution in [0.25, 0.3) is 0 Å². The van der Waals surface area contributed by atoms with Crippen LogP contribution < -0.4 is 10.6 Å². The van der Waals surface area contributed by atoms with Crippen LogP contribution in [0.4, 0.5) is 4.79 Å². The van der Waals surface area contributed by atoms with Crippen LogP contribution in [0.15, 0.2) is 36.0 Å². The number of nitrogens with one attached hydrogen (secondary N) is 2. The summed E-state index contributed by atoms with van der Waals surface area (Å²) in [5.74, 6) is 0.664. The monoisotopic (exact) mass is 286 g/mol. The molecule has 1 aliphatic rings. The van der Waals surface area contributed by atoms with Gasteiger partial charge in [0, 0.05) is 12.7 Å². The zero-order valence-corrected chi connectivity index (χ0v) is 13.1. The summed E-state index contributed by atoms with van der Waals surface area (Å²) in [6, 6.07) is 8.28. The van der Waals surface area contributed by atoms with E-state index in [1.165, 1.54) is 42.4 Å². The lowest BCUT2D eigenvalue weighted by molar-refractivity contribution is 0.244. The maximum atomic E-state index is 11.8. The number of allylic oxidation sites excluding steroid dienone is 1. The van der Waals surface area contributed by atoms with Crippen LogP contribution in [0.5, 0.6) is 0 Å². The van der Waals surface area contributed by atoms with Gasteiger partial charge in [-0.3, -0.25) is 0 Å². The van der Waals surface area contributed by atoms with Gasteiger partial charge in [0.15, 0.2) is 0 Å². The molecule has 2 rings (SSSR count). The van der Waals surface area contributed by atoms with E-state index >= 15 is 0 Å². The van der Waals surface area contributed by atoms with Gasteiger partial charge < -0.3 is 10.6 Å². The highest BCUT2D eigenvalue weighted by atomic mass is 16.2. The van der Waals surface area contributed by atoms with Gasteiger partial charge in [-0.05, 0) is 44.6 Å². The largest absolute Gasteiger partial charge is 0.338 e. The molecule has 1 aromatic rings. The number of rotatable bonds is 5. The van der Waals surface area contributed by atoms with Crippen molar-refractivity contribution in [3.05, 3.63) is 47.2 Å². The second-order valence-corrected chi connectivity index (χ2v) is 6.01. The molecule has 21 heavy (non-hydrogen) atoms. The summed E-state index contributed by atoms with van der Waals surface area (Å²) in [6.45, 7) is 4.86. The Morgan fingerprint density at radius 2 is 2.10 bits per heavy atom. The molecule has 0 spiro atoms. The van der Waals surface area contributed by atoms with Gasteiger partial charge in [0.2, 0.25) is 0 Å². The summed E-state index contributed by atoms with van der Waals surface area (Å²) in [7, 11) is 0. The Morgan fingerprint density at radius 3 is 2.81 bits per heavy atom. The van der Waals surface area contributed by atoms with Gasteiger partial charge in [-0.25, -0.2) is 4.79 Å². The zero-order valence-electron chi connectivity index (χ0n) is 13.1. The molecule has 3 heteroatoms. The van der Waals surface area contributed by atoms with Gasteiger partial charge in [-0.2, -0.15) is 0 Å². The average Bonchev–Trinajstić information content (AvgIpc) is 2.99. The molecular formula is C18H26N2O. The first kappa shape index (κ1) is 15.6. The fourth-order valence-corrected chi connectivity index (χ4v) is 2.92. The molecule has 2 amide bonds. The van der Waals surface area contributed by atoms with E-state index in [1.807, 2.05) is 6.20 Å². The fourth-order valence-electron chi connectivity index (χ4n) is 2.92. The normalized spacial score (nSPS) is 16.0. The molecule has 2 N–H and O–H groups in total. The Hall–Kier alpha value is -1.77. The van der Waals surface area contributed by atoms with Crippen LogP contribution in [-0.4, -0.2) is 12.6 Å². The summed E-state index contributed by atoms with van der Waals surface area (Å²) < 4.78 is 0. The number of carbonyl (C=O) groups excluding carboxylic acids is 1. The molecule has 1 fully saturated rings. The maximum Gasteiger partial charge on any atom is 0.318 e. The quantitative estimate of drug-likeness (QED) is 0.846. The zero-order chi connectivity index (χ0) is 15.1. The van der Waals surface area contributed by atoms with Crippen molar-refractivity contribution in [1.82, 2.24) is 10.6 Å². The summed E-state index contributed by atoms with van der Waals surface area (Å²) in [6.07, 6.45) is 7.90. The SMILES string of the molecule is C/C(=C\NC(=O)NCCc1cccc(C)c1)C1CCCC1. The minimum Gasteiger partial charge on any atom is -0.338 e. The second-order valence-electron chi connectivity index (χ2n) is 6.01. The van der Waals surface area contributed by atoms with Crippen LogP contribution in [-0.2, 0) is 6.42 Å². The van der Waals surface area contributed by atoms with Gasteiger partial charge in [-0.1, -0.05) is 48.2 Å². The van der Waals surface area contributed by atoms with Gasteiger partial charge in [0.1, 0.15) is 0 Å². The van der Waals surface area contributed by atoms with Gasteiger partial charge >= 0.3 is 6.03 Å². The number of hydrogen-bond donors (Lipinski definition) is 2. The molecule has 0 aliphatic heterocycles. The molecule has 1 saturated carbocycles. The number of urea groups is 1. The van der Waals surface area contributed by atoms with Gasteiger partial charge in [0.25, 0.3) is 0 Å². The van der Waals surface area contributed by atoms with Crippen LogP contribution in [0.2, 0.25) is 0 Å². The van der Waals surface area contributed by atoms with Gasteiger partial charge in [-0.15, -0.1) is 0 Å². The number of amides is 2. The van der Waals surface area contributed by atoms with Gasteiger partial charge in [0.05, 0.1) is 0 Å². The molecule has 1 aliphatic carbocycles. The van der Waals surface area contributed by atoms with E-state index < -0.39 is 0 Å². The first-order valence-corrected chi connectivity index (χ1v) is 7.92. The third-order valence-electron chi connectivity index (χ3n) is 4.21. The lowest BCUT2D eigenvalue weighted by Gasteiger charge is -2.10. The molecule has 0 atom stereocenters. The van der Waals surface area contributed by atoms with Crippen LogP contribution in [0.1, 0.15) is 43.7 Å². The van der Waals surface area contributed by atoms with E-state index in [-0.39, 0.29) is 6.03 Å². The van der Waals surface area contributed by atoms with Crippen molar-refractivity contribution in [2.75, 3.05) is 6.54 Å². The van der Waals surface area contributed by atoms with Crippen molar-refractivity contribution in [3.8, 4) is 0 Å². The molecule has 0 saturated heterocycles. The van der Waals surface area contributed by atoms with Crippen LogP contribution in [0.3, 0.4) is 0 Å². The Labute approximate surface area is 127 Å². The second kappa shape index (κ2) is 7.87. The highest BCUT2D eigenvalue weighted by Gasteiger charge is 2.16. The number of hydrogen-bond acceptors (Lipinski definition) is 1. The smallest absolute Gasteiger partial charge is 0.318 e. The molecule has 0 unspecified atom stereocenters. The summed E-state index contributed by atoms with van der Waals surface area (Å²) >= 11 is 0. The third-order valence-corrected chi connectivity index (χ3v) is 4.21. The molecule has 0 radical (unpaired) electrons. The lowest BCUT2D eigenvalue weighted by Crippen LogP contribution is -2.33. The maximum absolute atomic E-state index is 11.8. The average molecular weight is 286 g/mol. The van der Waals surface area contributed by atoms with E-state index in [1.54, 1.807) is 0 Å². The minimum absolute atomic E-state index is 0.111. The van der Waals surface area contributed by atoms with Crippen molar-refractivity contribution in [3.63, 3.8) is 0 Å². The van der Waals surface area contributed by atoms with E-state index in [2.05, 4.69) is 48.7 Å². The molecule has 0 bridgehead atoms. The highest BCUT2D eigenvalue weighted by Crippen LogP contribution is 2.30. The molecule has 0 heterocycles. The van der Waals surface area contributed by atoms with Crippen molar-refractivity contribution in [2.45, 2.75) is 46.0 Å². The summed E-state index contributed by atoms with van der Waals surface area (Å²) in [5, 5.41) is 5.75. The predicted molar refractivity (Wildman–Crippen MR) is 87.1 cm³/mol. The van der Waals surface area contributed by atoms with Crippen molar-refractivity contribution < 1.29 is 4.79 Å². The van der Waals surface area contributed by atoms with E-state index in [0.717, 1.165) is 6.42 Å². The van der Waals surface area contributed by atoms with E-state index in [9.17, 15) is 4.79 Å².